The maximum atomic E-state index is 13.9. The highest BCUT2D eigenvalue weighted by atomic mass is 32.2. The van der Waals surface area contributed by atoms with E-state index in [-0.39, 0.29) is 6.04 Å². The molecule has 0 saturated carbocycles. The monoisotopic (exact) mass is 512 g/mol. The van der Waals surface area contributed by atoms with Crippen LogP contribution in [-0.4, -0.2) is 15.0 Å². The minimum Gasteiger partial charge on any atom is -0.308 e. The number of benzene rings is 4. The molecule has 0 amide bonds. The molecule has 192 valence electrons. The summed E-state index contributed by atoms with van der Waals surface area (Å²) in [4.78, 5) is 0.356. The summed E-state index contributed by atoms with van der Waals surface area (Å²) < 4.78 is 30.9. The van der Waals surface area contributed by atoms with Gasteiger partial charge in [-0.2, -0.15) is 0 Å². The number of hydrogen-bond donors (Lipinski definition) is 2. The lowest BCUT2D eigenvalue weighted by Gasteiger charge is -2.30. The van der Waals surface area contributed by atoms with Crippen molar-refractivity contribution >= 4 is 10.0 Å². The molecule has 0 saturated heterocycles. The molecule has 0 spiro atoms. The van der Waals surface area contributed by atoms with Crippen LogP contribution in [0.2, 0.25) is 0 Å². The Morgan fingerprint density at radius 3 is 1.70 bits per heavy atom. The molecule has 2 N–H and O–H groups in total. The molecule has 0 aromatic heterocycles. The van der Waals surface area contributed by atoms with Crippen molar-refractivity contribution in [3.63, 3.8) is 0 Å². The summed E-state index contributed by atoms with van der Waals surface area (Å²) in [5.74, 6) is 0. The van der Waals surface area contributed by atoms with Gasteiger partial charge in [0.1, 0.15) is 0 Å². The maximum Gasteiger partial charge on any atom is 0.241 e. The summed E-state index contributed by atoms with van der Waals surface area (Å²) in [5, 5.41) is 3.69. The molecule has 4 nitrogen and oxygen atoms in total. The topological polar surface area (TPSA) is 58.2 Å². The quantitative estimate of drug-likeness (QED) is 0.223. The van der Waals surface area contributed by atoms with E-state index in [0.29, 0.717) is 4.90 Å². The van der Waals surface area contributed by atoms with E-state index in [4.69, 9.17) is 0 Å². The van der Waals surface area contributed by atoms with Gasteiger partial charge in [0.25, 0.3) is 0 Å². The Balaban J connectivity index is 1.67. The molecule has 4 aromatic carbocycles. The van der Waals surface area contributed by atoms with E-state index in [1.165, 1.54) is 5.56 Å². The van der Waals surface area contributed by atoms with Crippen LogP contribution in [0.4, 0.5) is 0 Å². The molecular formula is C32H36N2O2S. The van der Waals surface area contributed by atoms with Crippen LogP contribution < -0.4 is 10.0 Å². The first-order valence-corrected chi connectivity index (χ1v) is 14.3. The Labute approximate surface area is 221 Å². The fourth-order valence-electron chi connectivity index (χ4n) is 5.09. The van der Waals surface area contributed by atoms with Crippen LogP contribution in [0.3, 0.4) is 0 Å². The van der Waals surface area contributed by atoms with Gasteiger partial charge in [-0.15, -0.1) is 0 Å². The number of sulfonamides is 1. The Morgan fingerprint density at radius 2 is 1.16 bits per heavy atom. The zero-order valence-corrected chi connectivity index (χ0v) is 22.6. The summed E-state index contributed by atoms with van der Waals surface area (Å²) >= 11 is 0. The Kier molecular flexibility index (Phi) is 8.93. The summed E-state index contributed by atoms with van der Waals surface area (Å²) in [7, 11) is -3.80. The summed E-state index contributed by atoms with van der Waals surface area (Å²) in [6.07, 6.45) is 1.90. The molecule has 0 unspecified atom stereocenters. The Bertz CT molecular complexity index is 1370. The zero-order valence-electron chi connectivity index (χ0n) is 21.8. The zero-order chi connectivity index (χ0) is 26.3. The average Bonchev–Trinajstić information content (AvgIpc) is 2.88. The first-order valence-electron chi connectivity index (χ1n) is 12.8. The van der Waals surface area contributed by atoms with E-state index in [2.05, 4.69) is 46.4 Å². The highest BCUT2D eigenvalue weighted by molar-refractivity contribution is 7.89. The first kappa shape index (κ1) is 26.8. The fourth-order valence-corrected chi connectivity index (χ4v) is 6.78. The lowest BCUT2D eigenvalue weighted by atomic mass is 9.94. The second-order valence-corrected chi connectivity index (χ2v) is 11.3. The Hall–Kier alpha value is -3.25. The van der Waals surface area contributed by atoms with Gasteiger partial charge in [-0.3, -0.25) is 0 Å². The lowest BCUT2D eigenvalue weighted by molar-refractivity contribution is 0.420. The van der Waals surface area contributed by atoms with Crippen LogP contribution in [0.25, 0.3) is 0 Å². The van der Waals surface area contributed by atoms with Crippen molar-refractivity contribution in [3.8, 4) is 0 Å². The minimum absolute atomic E-state index is 0.250. The molecule has 0 bridgehead atoms. The number of hydrogen-bond acceptors (Lipinski definition) is 3. The van der Waals surface area contributed by atoms with Crippen molar-refractivity contribution in [2.75, 3.05) is 6.54 Å². The smallest absolute Gasteiger partial charge is 0.241 e. The van der Waals surface area contributed by atoms with Crippen molar-refractivity contribution in [2.24, 2.45) is 0 Å². The molecule has 0 heterocycles. The average molecular weight is 513 g/mol. The molecule has 37 heavy (non-hydrogen) atoms. The summed E-state index contributed by atoms with van der Waals surface area (Å²) in [6, 6.07) is 33.5. The largest absolute Gasteiger partial charge is 0.308 e. The van der Waals surface area contributed by atoms with E-state index >= 15 is 0 Å². The predicted octanol–water partition coefficient (Wildman–Crippen LogP) is 6.60. The molecule has 0 aliphatic heterocycles. The van der Waals surface area contributed by atoms with Crippen molar-refractivity contribution in [3.05, 3.63) is 137 Å². The standard InChI is InChI=1S/C32H36N2O2S/c1-24-22-25(2)32(26(3)23-24)37(35,36)34-31(29-19-11-6-12-20-29)30(28-17-9-5-10-18-28)33-21-13-16-27-14-7-4-8-15-27/h4-12,14-15,17-20,22-23,30-31,33-34H,13,16,21H2,1-3H3/t30-,31-/m0/s1. The molecule has 4 aromatic rings. The van der Waals surface area contributed by atoms with Gasteiger partial charge in [-0.25, -0.2) is 13.1 Å². The normalized spacial score (nSPS) is 13.3. The first-order chi connectivity index (χ1) is 17.8. The fraction of sp³-hybridized carbons (Fsp3) is 0.250. The van der Waals surface area contributed by atoms with Crippen LogP contribution in [-0.2, 0) is 16.4 Å². The molecule has 0 fully saturated rings. The van der Waals surface area contributed by atoms with Gasteiger partial charge in [0.05, 0.1) is 17.0 Å². The van der Waals surface area contributed by atoms with Crippen LogP contribution in [0.5, 0.6) is 0 Å². The molecule has 0 radical (unpaired) electrons. The summed E-state index contributed by atoms with van der Waals surface area (Å²) in [5.41, 5.74) is 5.81. The van der Waals surface area contributed by atoms with Crippen LogP contribution in [0, 0.1) is 20.8 Å². The molecular weight excluding hydrogens is 476 g/mol. The van der Waals surface area contributed by atoms with E-state index in [9.17, 15) is 8.42 Å². The third-order valence-corrected chi connectivity index (χ3v) is 8.40. The van der Waals surface area contributed by atoms with Crippen molar-refractivity contribution < 1.29 is 8.42 Å². The SMILES string of the molecule is Cc1cc(C)c(S(=O)(=O)N[C@@H](c2ccccc2)[C@@H](NCCCc2ccccc2)c2ccccc2)c(C)c1. The minimum atomic E-state index is -3.80. The van der Waals surface area contributed by atoms with E-state index in [1.807, 2.05) is 87.5 Å². The van der Waals surface area contributed by atoms with E-state index in [0.717, 1.165) is 47.2 Å². The van der Waals surface area contributed by atoms with Crippen molar-refractivity contribution in [1.29, 1.82) is 0 Å². The number of aryl methyl sites for hydroxylation is 4. The van der Waals surface area contributed by atoms with Crippen molar-refractivity contribution in [1.82, 2.24) is 10.0 Å². The third-order valence-electron chi connectivity index (χ3n) is 6.66. The maximum absolute atomic E-state index is 13.9. The summed E-state index contributed by atoms with van der Waals surface area (Å²) in [6.45, 7) is 6.47. The lowest BCUT2D eigenvalue weighted by Crippen LogP contribution is -2.39. The van der Waals surface area contributed by atoms with Gasteiger partial charge in [0.2, 0.25) is 10.0 Å². The number of nitrogens with one attached hydrogen (secondary N) is 2. The van der Waals surface area contributed by atoms with Gasteiger partial charge >= 0.3 is 0 Å². The van der Waals surface area contributed by atoms with Gasteiger partial charge in [0.15, 0.2) is 0 Å². The predicted molar refractivity (Wildman–Crippen MR) is 152 cm³/mol. The van der Waals surface area contributed by atoms with Gasteiger partial charge < -0.3 is 5.32 Å². The highest BCUT2D eigenvalue weighted by Crippen LogP contribution is 2.32. The van der Waals surface area contributed by atoms with Crippen LogP contribution >= 0.6 is 0 Å². The molecule has 0 aliphatic rings. The molecule has 0 aliphatic carbocycles. The van der Waals surface area contributed by atoms with E-state index < -0.39 is 16.1 Å². The number of rotatable bonds is 11. The van der Waals surface area contributed by atoms with E-state index in [1.54, 1.807) is 0 Å². The second-order valence-electron chi connectivity index (χ2n) is 9.67. The molecule has 5 heteroatoms. The van der Waals surface area contributed by atoms with Gasteiger partial charge in [-0.05, 0) is 68.0 Å². The van der Waals surface area contributed by atoms with Gasteiger partial charge in [-0.1, -0.05) is 109 Å². The molecule has 4 rings (SSSR count). The van der Waals surface area contributed by atoms with Crippen LogP contribution in [0.1, 0.15) is 51.9 Å². The highest BCUT2D eigenvalue weighted by Gasteiger charge is 2.31. The van der Waals surface area contributed by atoms with Crippen molar-refractivity contribution in [2.45, 2.75) is 50.6 Å². The van der Waals surface area contributed by atoms with Gasteiger partial charge in [0, 0.05) is 0 Å². The third kappa shape index (κ3) is 6.95. The Morgan fingerprint density at radius 1 is 0.676 bits per heavy atom. The van der Waals surface area contributed by atoms with Crippen LogP contribution in [0.15, 0.2) is 108 Å². The molecule has 2 atom stereocenters. The second kappa shape index (κ2) is 12.3.